The zero-order valence-electron chi connectivity index (χ0n) is 17.9. The van der Waals surface area contributed by atoms with Crippen LogP contribution in [0.1, 0.15) is 22.3 Å². The summed E-state index contributed by atoms with van der Waals surface area (Å²) in [5.74, 6) is -0.589. The lowest BCUT2D eigenvalue weighted by Gasteiger charge is -2.29. The average Bonchev–Trinajstić information content (AvgIpc) is 2.97. The third-order valence-corrected chi connectivity index (χ3v) is 5.26. The molecule has 1 aliphatic heterocycles. The topological polar surface area (TPSA) is 68.0 Å². The molecule has 3 rings (SSSR count). The number of hydrogen-bond acceptors (Lipinski definition) is 4. The van der Waals surface area contributed by atoms with Crippen molar-refractivity contribution < 1.29 is 50.4 Å². The number of nitrogens with zero attached hydrogens (tertiary/aromatic N) is 2. The zero-order valence-corrected chi connectivity index (χ0v) is 17.9. The molecule has 186 valence electrons. The zero-order chi connectivity index (χ0) is 25.5. The van der Waals surface area contributed by atoms with Crippen molar-refractivity contribution in [1.82, 2.24) is 10.3 Å². The van der Waals surface area contributed by atoms with Gasteiger partial charge in [-0.1, -0.05) is 16.8 Å². The van der Waals surface area contributed by atoms with Gasteiger partial charge in [-0.2, -0.15) is 26.3 Å². The Morgan fingerprint density at radius 1 is 1.00 bits per heavy atom. The number of ether oxygens (including phenoxy) is 1. The van der Waals surface area contributed by atoms with Gasteiger partial charge >= 0.3 is 18.4 Å². The minimum absolute atomic E-state index is 0.00768. The Morgan fingerprint density at radius 2 is 1.53 bits per heavy atom. The van der Waals surface area contributed by atoms with Gasteiger partial charge in [0.2, 0.25) is 5.54 Å². The molecule has 0 bridgehead atoms. The fraction of sp³-hybridized carbons (Fsp3) is 0.381. The Morgan fingerprint density at radius 3 is 1.97 bits per heavy atom. The van der Waals surface area contributed by atoms with Crippen LogP contribution in [0.15, 0.2) is 42.5 Å². The Kier molecular flexibility index (Phi) is 6.73. The Bertz CT molecular complexity index is 1040. The van der Waals surface area contributed by atoms with Crippen molar-refractivity contribution in [2.24, 2.45) is 0 Å². The van der Waals surface area contributed by atoms with E-state index >= 15 is 0 Å². The van der Waals surface area contributed by atoms with Gasteiger partial charge in [0, 0.05) is 19.7 Å². The molecule has 1 heterocycles. The van der Waals surface area contributed by atoms with E-state index in [2.05, 4.69) is 5.32 Å². The molecule has 6 nitrogen and oxygen atoms in total. The lowest BCUT2D eigenvalue weighted by Crippen LogP contribution is -2.53. The number of nitrogens with one attached hydrogen (secondary N) is 1. The van der Waals surface area contributed by atoms with Gasteiger partial charge in [-0.25, -0.2) is 14.7 Å². The molecule has 0 fully saturated rings. The van der Waals surface area contributed by atoms with Crippen LogP contribution in [0.4, 0.5) is 30.7 Å². The second kappa shape index (κ2) is 8.95. The SMILES string of the molecule is CN(C)[N+]1=C(O)NC(COCc2cc(C(F)(F)F)cc(C(F)(F)F)c2)(c2ccc(F)cc2)C1O. The number of aliphatic hydroxyl groups excluding tert-OH is 2. The van der Waals surface area contributed by atoms with Gasteiger partial charge in [-0.15, -0.1) is 0 Å². The molecule has 0 radical (unpaired) electrons. The summed E-state index contributed by atoms with van der Waals surface area (Å²) in [4.78, 5) is 0. The first-order chi connectivity index (χ1) is 15.6. The number of rotatable bonds is 6. The molecule has 13 heteroatoms. The van der Waals surface area contributed by atoms with Crippen LogP contribution >= 0.6 is 0 Å². The maximum absolute atomic E-state index is 13.4. The number of amidine groups is 1. The van der Waals surface area contributed by atoms with E-state index < -0.39 is 65.9 Å². The highest BCUT2D eigenvalue weighted by Crippen LogP contribution is 2.37. The molecule has 3 N–H and O–H groups in total. The van der Waals surface area contributed by atoms with E-state index in [0.717, 1.165) is 16.8 Å². The average molecular weight is 496 g/mol. The summed E-state index contributed by atoms with van der Waals surface area (Å²) < 4.78 is 98.6. The van der Waals surface area contributed by atoms with Crippen LogP contribution in [0.3, 0.4) is 0 Å². The van der Waals surface area contributed by atoms with Gasteiger partial charge in [-0.05, 0) is 35.9 Å². The standard InChI is InChI=1S/C21H20F7N3O3/c1-30(2)31-17(32)19(29-18(31)33,13-3-5-16(22)6-4-13)11-34-10-12-7-14(20(23,24)25)9-15(8-12)21(26,27)28/h3-9,17,32H,10-11H2,1-2H3,(H,29,33)/p+1. The van der Waals surface area contributed by atoms with E-state index in [1.807, 2.05) is 0 Å². The third-order valence-electron chi connectivity index (χ3n) is 5.26. The summed E-state index contributed by atoms with van der Waals surface area (Å²) in [7, 11) is 3.01. The predicted octanol–water partition coefficient (Wildman–Crippen LogP) is 3.60. The molecule has 0 aromatic heterocycles. The van der Waals surface area contributed by atoms with Crippen molar-refractivity contribution in [3.8, 4) is 0 Å². The summed E-state index contributed by atoms with van der Waals surface area (Å²) in [6.45, 7) is -1.18. The summed E-state index contributed by atoms with van der Waals surface area (Å²) >= 11 is 0. The normalized spacial score (nSPS) is 21.1. The Labute approximate surface area is 189 Å². The summed E-state index contributed by atoms with van der Waals surface area (Å²) in [5.41, 5.74) is -4.76. The Balaban J connectivity index is 1.91. The van der Waals surface area contributed by atoms with Gasteiger partial charge in [-0.3, -0.25) is 0 Å². The van der Waals surface area contributed by atoms with Crippen LogP contribution in [0.2, 0.25) is 0 Å². The minimum atomic E-state index is -5.01. The molecule has 0 spiro atoms. The third kappa shape index (κ3) is 5.04. The first-order valence-corrected chi connectivity index (χ1v) is 9.76. The molecule has 0 saturated carbocycles. The number of alkyl halides is 6. The lowest BCUT2D eigenvalue weighted by molar-refractivity contribution is -0.740. The minimum Gasteiger partial charge on any atom is -0.445 e. The van der Waals surface area contributed by atoms with E-state index in [9.17, 15) is 40.9 Å². The van der Waals surface area contributed by atoms with Crippen LogP contribution < -0.4 is 5.32 Å². The fourth-order valence-corrected chi connectivity index (χ4v) is 3.65. The number of hydrazine groups is 1. The molecule has 0 aliphatic carbocycles. The van der Waals surface area contributed by atoms with E-state index in [1.54, 1.807) is 0 Å². The first-order valence-electron chi connectivity index (χ1n) is 9.76. The van der Waals surface area contributed by atoms with Crippen LogP contribution in [-0.4, -0.2) is 52.9 Å². The number of hydrogen-bond donors (Lipinski definition) is 3. The molecule has 2 aromatic rings. The number of halogens is 7. The fourth-order valence-electron chi connectivity index (χ4n) is 3.65. The van der Waals surface area contributed by atoms with Gasteiger partial charge in [0.1, 0.15) is 12.4 Å². The highest BCUT2D eigenvalue weighted by atomic mass is 19.4. The lowest BCUT2D eigenvalue weighted by atomic mass is 9.89. The number of aliphatic hydroxyl groups is 2. The predicted molar refractivity (Wildman–Crippen MR) is 105 cm³/mol. The summed E-state index contributed by atoms with van der Waals surface area (Å²) in [6, 6.07) is 5.35. The van der Waals surface area contributed by atoms with Crippen molar-refractivity contribution >= 4 is 6.02 Å². The quantitative estimate of drug-likeness (QED) is 0.422. The van der Waals surface area contributed by atoms with Gasteiger partial charge < -0.3 is 14.9 Å². The van der Waals surface area contributed by atoms with E-state index in [4.69, 9.17) is 4.74 Å². The summed E-state index contributed by atoms with van der Waals surface area (Å²) in [6.07, 6.45) is -11.6. The first kappa shape index (κ1) is 25.6. The monoisotopic (exact) mass is 496 g/mol. The second-order valence-corrected chi connectivity index (χ2v) is 7.90. The molecule has 2 aromatic carbocycles. The van der Waals surface area contributed by atoms with Crippen LogP contribution in [-0.2, 0) is 29.2 Å². The molecular weight excluding hydrogens is 475 g/mol. The second-order valence-electron chi connectivity index (χ2n) is 7.90. The maximum Gasteiger partial charge on any atom is 0.469 e. The largest absolute Gasteiger partial charge is 0.469 e. The van der Waals surface area contributed by atoms with Gasteiger partial charge in [0.25, 0.3) is 6.23 Å². The molecule has 34 heavy (non-hydrogen) atoms. The van der Waals surface area contributed by atoms with Gasteiger partial charge in [0.15, 0.2) is 0 Å². The number of hydrazone groups is 1. The van der Waals surface area contributed by atoms with Crippen molar-refractivity contribution in [2.45, 2.75) is 30.7 Å². The van der Waals surface area contributed by atoms with E-state index in [1.165, 1.54) is 31.2 Å². The molecular formula is C21H21F7N3O3+. The van der Waals surface area contributed by atoms with E-state index in [-0.39, 0.29) is 11.6 Å². The highest BCUT2D eigenvalue weighted by Gasteiger charge is 2.57. The summed E-state index contributed by atoms with van der Waals surface area (Å²) in [5, 5.41) is 25.2. The van der Waals surface area contributed by atoms with Crippen molar-refractivity contribution in [3.05, 3.63) is 70.5 Å². The van der Waals surface area contributed by atoms with E-state index in [0.29, 0.717) is 12.1 Å². The molecule has 0 amide bonds. The van der Waals surface area contributed by atoms with Crippen LogP contribution in [0.5, 0.6) is 0 Å². The van der Waals surface area contributed by atoms with Crippen molar-refractivity contribution in [3.63, 3.8) is 0 Å². The smallest absolute Gasteiger partial charge is 0.445 e. The molecule has 2 atom stereocenters. The molecule has 1 aliphatic rings. The van der Waals surface area contributed by atoms with Crippen molar-refractivity contribution in [2.75, 3.05) is 20.7 Å². The Hall–Kier alpha value is -3.06. The van der Waals surface area contributed by atoms with Crippen LogP contribution in [0.25, 0.3) is 0 Å². The maximum atomic E-state index is 13.4. The molecule has 0 saturated heterocycles. The van der Waals surface area contributed by atoms with Gasteiger partial charge in [0.05, 0.1) is 17.7 Å². The van der Waals surface area contributed by atoms with Crippen LogP contribution in [0, 0.1) is 5.82 Å². The highest BCUT2D eigenvalue weighted by molar-refractivity contribution is 5.69. The molecule has 2 unspecified atom stereocenters. The van der Waals surface area contributed by atoms with Crippen molar-refractivity contribution in [1.29, 1.82) is 0 Å². The number of benzene rings is 2.